The van der Waals surface area contributed by atoms with Crippen molar-refractivity contribution in [2.75, 3.05) is 20.2 Å². The van der Waals surface area contributed by atoms with Crippen molar-refractivity contribution in [2.45, 2.75) is 50.0 Å². The van der Waals surface area contributed by atoms with Gasteiger partial charge in [0, 0.05) is 13.1 Å². The fraction of sp³-hybridized carbons (Fsp3) is 0.458. The fourth-order valence-corrected chi connectivity index (χ4v) is 6.12. The van der Waals surface area contributed by atoms with E-state index in [0.29, 0.717) is 19.4 Å². The molecule has 1 fully saturated rings. The molecule has 0 radical (unpaired) electrons. The summed E-state index contributed by atoms with van der Waals surface area (Å²) in [6, 6.07) is 12.9. The first kappa shape index (κ1) is 21.8. The lowest BCUT2D eigenvalue weighted by atomic mass is 9.87. The molecule has 2 aromatic rings. The number of methoxy groups -OCH3 is 1. The smallest absolute Gasteiger partial charge is 0.243 e. The SMILES string of the molecule is COc1ccc2c(c1)CCCC2NC(=O)C1CCCN(S(=O)(=O)c2ccc(C)cc2)C1. The van der Waals surface area contributed by atoms with Crippen LogP contribution >= 0.6 is 0 Å². The molecule has 0 bridgehead atoms. The van der Waals surface area contributed by atoms with Crippen LogP contribution in [0.25, 0.3) is 0 Å². The summed E-state index contributed by atoms with van der Waals surface area (Å²) in [4.78, 5) is 13.4. The quantitative estimate of drug-likeness (QED) is 0.768. The van der Waals surface area contributed by atoms with Crippen molar-refractivity contribution in [3.05, 3.63) is 59.2 Å². The summed E-state index contributed by atoms with van der Waals surface area (Å²) in [6.07, 6.45) is 4.26. The van der Waals surface area contributed by atoms with E-state index in [-0.39, 0.29) is 29.3 Å². The number of nitrogens with one attached hydrogen (secondary N) is 1. The molecule has 0 spiro atoms. The Balaban J connectivity index is 1.46. The third-order valence-electron chi connectivity index (χ3n) is 6.39. The van der Waals surface area contributed by atoms with Crippen LogP contribution in [0.3, 0.4) is 0 Å². The average Bonchev–Trinajstić information content (AvgIpc) is 2.79. The number of piperidine rings is 1. The maximum absolute atomic E-state index is 13.1. The van der Waals surface area contributed by atoms with E-state index in [1.807, 2.05) is 25.1 Å². The Kier molecular flexibility index (Phi) is 6.34. The van der Waals surface area contributed by atoms with Gasteiger partial charge in [0.25, 0.3) is 0 Å². The molecular weight excluding hydrogens is 412 g/mol. The van der Waals surface area contributed by atoms with E-state index >= 15 is 0 Å². The first-order valence-corrected chi connectivity index (χ1v) is 12.4. The average molecular weight is 443 g/mol. The molecule has 2 aromatic carbocycles. The molecule has 1 heterocycles. The monoisotopic (exact) mass is 442 g/mol. The third-order valence-corrected chi connectivity index (χ3v) is 8.27. The third kappa shape index (κ3) is 4.62. The summed E-state index contributed by atoms with van der Waals surface area (Å²) in [5, 5.41) is 3.20. The Hall–Kier alpha value is -2.38. The van der Waals surface area contributed by atoms with Gasteiger partial charge in [0.05, 0.1) is 24.0 Å². The second-order valence-electron chi connectivity index (χ2n) is 8.53. The number of sulfonamides is 1. The van der Waals surface area contributed by atoms with E-state index in [1.165, 1.54) is 9.87 Å². The molecule has 0 aromatic heterocycles. The molecule has 1 aliphatic carbocycles. The van der Waals surface area contributed by atoms with Crippen molar-refractivity contribution in [2.24, 2.45) is 5.92 Å². The van der Waals surface area contributed by atoms with Gasteiger partial charge >= 0.3 is 0 Å². The molecule has 1 aliphatic heterocycles. The molecule has 6 nitrogen and oxygen atoms in total. The van der Waals surface area contributed by atoms with Crippen molar-refractivity contribution in [3.63, 3.8) is 0 Å². The number of rotatable bonds is 5. The number of aryl methyl sites for hydroxylation is 2. The summed E-state index contributed by atoms with van der Waals surface area (Å²) >= 11 is 0. The van der Waals surface area contributed by atoms with Crippen molar-refractivity contribution < 1.29 is 17.9 Å². The maximum atomic E-state index is 13.1. The number of amides is 1. The molecule has 7 heteroatoms. The van der Waals surface area contributed by atoms with Crippen molar-refractivity contribution in [3.8, 4) is 5.75 Å². The Morgan fingerprint density at radius 3 is 2.61 bits per heavy atom. The van der Waals surface area contributed by atoms with Crippen molar-refractivity contribution in [1.82, 2.24) is 9.62 Å². The molecular formula is C24H30N2O4S. The first-order chi connectivity index (χ1) is 14.9. The number of carbonyl (C=O) groups excluding carboxylic acids is 1. The predicted octanol–water partition coefficient (Wildman–Crippen LogP) is 3.60. The molecule has 1 saturated heterocycles. The fourth-order valence-electron chi connectivity index (χ4n) is 4.59. The van der Waals surface area contributed by atoms with Crippen molar-refractivity contribution >= 4 is 15.9 Å². The molecule has 2 unspecified atom stereocenters. The number of benzene rings is 2. The van der Waals surface area contributed by atoms with E-state index in [4.69, 9.17) is 4.74 Å². The first-order valence-electron chi connectivity index (χ1n) is 10.9. The zero-order chi connectivity index (χ0) is 22.0. The lowest BCUT2D eigenvalue weighted by molar-refractivity contribution is -0.127. The van der Waals surface area contributed by atoms with E-state index in [9.17, 15) is 13.2 Å². The number of nitrogens with zero attached hydrogens (tertiary/aromatic N) is 1. The Morgan fingerprint density at radius 1 is 1.10 bits per heavy atom. The largest absolute Gasteiger partial charge is 0.497 e. The summed E-state index contributed by atoms with van der Waals surface area (Å²) in [7, 11) is -1.94. The standard InChI is InChI=1S/C24H30N2O4S/c1-17-8-11-21(12-9-17)31(28,29)26-14-4-6-19(16-26)24(27)25-23-7-3-5-18-15-20(30-2)10-13-22(18)23/h8-13,15,19,23H,3-7,14,16H2,1-2H3,(H,25,27). The highest BCUT2D eigenvalue weighted by Crippen LogP contribution is 2.33. The van der Waals surface area contributed by atoms with Crippen LogP contribution in [0.5, 0.6) is 5.75 Å². The van der Waals surface area contributed by atoms with Crippen LogP contribution < -0.4 is 10.1 Å². The number of carbonyl (C=O) groups is 1. The second-order valence-corrected chi connectivity index (χ2v) is 10.5. The van der Waals surface area contributed by atoms with Gasteiger partial charge in [0.15, 0.2) is 0 Å². The molecule has 1 amide bonds. The van der Waals surface area contributed by atoms with Gasteiger partial charge in [-0.2, -0.15) is 4.31 Å². The van der Waals surface area contributed by atoms with E-state index in [0.717, 1.165) is 36.1 Å². The predicted molar refractivity (Wildman–Crippen MR) is 119 cm³/mol. The van der Waals surface area contributed by atoms with Crippen LogP contribution in [0.4, 0.5) is 0 Å². The van der Waals surface area contributed by atoms with Gasteiger partial charge in [0.2, 0.25) is 15.9 Å². The lowest BCUT2D eigenvalue weighted by Crippen LogP contribution is -2.46. The van der Waals surface area contributed by atoms with Gasteiger partial charge < -0.3 is 10.1 Å². The van der Waals surface area contributed by atoms with Crippen LogP contribution in [-0.2, 0) is 21.2 Å². The van der Waals surface area contributed by atoms with E-state index in [2.05, 4.69) is 5.32 Å². The van der Waals surface area contributed by atoms with Crippen LogP contribution in [0, 0.1) is 12.8 Å². The lowest BCUT2D eigenvalue weighted by Gasteiger charge is -2.33. The number of fused-ring (bicyclic) bond motifs is 1. The van der Waals surface area contributed by atoms with Gasteiger partial charge in [0.1, 0.15) is 5.75 Å². The van der Waals surface area contributed by atoms with Crippen molar-refractivity contribution in [1.29, 1.82) is 0 Å². The molecule has 31 heavy (non-hydrogen) atoms. The minimum Gasteiger partial charge on any atom is -0.497 e. The zero-order valence-corrected chi connectivity index (χ0v) is 19.0. The highest BCUT2D eigenvalue weighted by Gasteiger charge is 2.34. The summed E-state index contributed by atoms with van der Waals surface area (Å²) in [6.45, 7) is 2.60. The minimum atomic E-state index is -3.60. The second kappa shape index (κ2) is 9.01. The van der Waals surface area contributed by atoms with Crippen LogP contribution in [0.15, 0.2) is 47.4 Å². The molecule has 1 N–H and O–H groups in total. The Labute approximate surface area is 184 Å². The van der Waals surface area contributed by atoms with Gasteiger partial charge in [-0.25, -0.2) is 8.42 Å². The van der Waals surface area contributed by atoms with Crippen LogP contribution in [0.2, 0.25) is 0 Å². The van der Waals surface area contributed by atoms with Gasteiger partial charge in [-0.05, 0) is 74.4 Å². The normalized spacial score (nSPS) is 21.9. The van der Waals surface area contributed by atoms with Crippen LogP contribution in [0.1, 0.15) is 48.4 Å². The van der Waals surface area contributed by atoms with Gasteiger partial charge in [-0.1, -0.05) is 23.8 Å². The zero-order valence-electron chi connectivity index (χ0n) is 18.1. The highest BCUT2D eigenvalue weighted by atomic mass is 32.2. The van der Waals surface area contributed by atoms with Gasteiger partial charge in [-0.15, -0.1) is 0 Å². The maximum Gasteiger partial charge on any atom is 0.243 e. The number of ether oxygens (including phenoxy) is 1. The minimum absolute atomic E-state index is 0.0359. The summed E-state index contributed by atoms with van der Waals surface area (Å²) in [5.74, 6) is 0.435. The summed E-state index contributed by atoms with van der Waals surface area (Å²) < 4.78 is 32.9. The topological polar surface area (TPSA) is 75.7 Å². The molecule has 2 atom stereocenters. The molecule has 4 rings (SSSR count). The molecule has 2 aliphatic rings. The van der Waals surface area contributed by atoms with E-state index < -0.39 is 10.0 Å². The Morgan fingerprint density at radius 2 is 1.87 bits per heavy atom. The number of hydrogen-bond acceptors (Lipinski definition) is 4. The number of hydrogen-bond donors (Lipinski definition) is 1. The highest BCUT2D eigenvalue weighted by molar-refractivity contribution is 7.89. The summed E-state index contributed by atoms with van der Waals surface area (Å²) in [5.41, 5.74) is 3.36. The molecule has 0 saturated carbocycles. The van der Waals surface area contributed by atoms with E-state index in [1.54, 1.807) is 31.4 Å². The molecule has 166 valence electrons. The Bertz CT molecular complexity index is 1050. The van der Waals surface area contributed by atoms with Gasteiger partial charge in [-0.3, -0.25) is 4.79 Å². The van der Waals surface area contributed by atoms with Crippen LogP contribution in [-0.4, -0.2) is 38.8 Å².